The molecule has 4 nitrogen and oxygen atoms in total. The number of piperidine rings is 1. The van der Waals surface area contributed by atoms with Crippen molar-refractivity contribution in [3.8, 4) is 0 Å². The van der Waals surface area contributed by atoms with Crippen molar-refractivity contribution in [1.82, 2.24) is 4.90 Å². The van der Waals surface area contributed by atoms with E-state index in [4.69, 9.17) is 0 Å². The minimum atomic E-state index is -0.824. The van der Waals surface area contributed by atoms with Gasteiger partial charge in [-0.2, -0.15) is 0 Å². The Morgan fingerprint density at radius 3 is 2.22 bits per heavy atom. The molecule has 1 aliphatic heterocycles. The zero-order valence-electron chi connectivity index (χ0n) is 14.6. The summed E-state index contributed by atoms with van der Waals surface area (Å²) in [6.45, 7) is 0.841. The summed E-state index contributed by atoms with van der Waals surface area (Å²) < 4.78 is 39.5. The zero-order chi connectivity index (χ0) is 19.4. The number of carbonyl (C=O) groups excluding carboxylic acids is 2. The van der Waals surface area contributed by atoms with Crippen molar-refractivity contribution in [3.05, 3.63) is 65.5 Å². The van der Waals surface area contributed by atoms with Gasteiger partial charge in [0, 0.05) is 25.1 Å². The van der Waals surface area contributed by atoms with Gasteiger partial charge in [-0.3, -0.25) is 9.59 Å². The lowest BCUT2D eigenvalue weighted by molar-refractivity contribution is -0.133. The minimum Gasteiger partial charge on any atom is -0.342 e. The minimum absolute atomic E-state index is 0.0591. The van der Waals surface area contributed by atoms with Gasteiger partial charge in [0.25, 0.3) is 0 Å². The van der Waals surface area contributed by atoms with E-state index < -0.39 is 11.6 Å². The molecule has 7 heteroatoms. The average molecular weight is 376 g/mol. The van der Waals surface area contributed by atoms with Crippen LogP contribution in [0.15, 0.2) is 42.5 Å². The van der Waals surface area contributed by atoms with Gasteiger partial charge in [-0.25, -0.2) is 13.2 Å². The Labute approximate surface area is 155 Å². The molecule has 0 saturated carbocycles. The number of anilines is 1. The van der Waals surface area contributed by atoms with Gasteiger partial charge in [-0.15, -0.1) is 0 Å². The van der Waals surface area contributed by atoms with Gasteiger partial charge in [0.15, 0.2) is 0 Å². The number of hydrogen-bond donors (Lipinski definition) is 1. The first-order valence-electron chi connectivity index (χ1n) is 8.70. The number of nitrogens with one attached hydrogen (secondary N) is 1. The Kier molecular flexibility index (Phi) is 5.78. The summed E-state index contributed by atoms with van der Waals surface area (Å²) in [6, 6.07) is 8.75. The molecule has 1 fully saturated rings. The lowest BCUT2D eigenvalue weighted by Gasteiger charge is -2.31. The highest BCUT2D eigenvalue weighted by molar-refractivity contribution is 5.92. The Morgan fingerprint density at radius 1 is 0.963 bits per heavy atom. The monoisotopic (exact) mass is 376 g/mol. The predicted molar refractivity (Wildman–Crippen MR) is 94.4 cm³/mol. The van der Waals surface area contributed by atoms with Crippen LogP contribution in [0.1, 0.15) is 18.4 Å². The summed E-state index contributed by atoms with van der Waals surface area (Å²) in [6.07, 6.45) is 1.10. The molecule has 0 atom stereocenters. The molecular formula is C20H19F3N2O2. The van der Waals surface area contributed by atoms with E-state index in [-0.39, 0.29) is 35.7 Å². The largest absolute Gasteiger partial charge is 0.342 e. The Morgan fingerprint density at radius 2 is 1.59 bits per heavy atom. The first kappa shape index (κ1) is 18.9. The predicted octanol–water partition coefficient (Wildman–Crippen LogP) is 3.52. The normalized spacial score (nSPS) is 14.9. The van der Waals surface area contributed by atoms with Crippen LogP contribution >= 0.6 is 0 Å². The first-order valence-corrected chi connectivity index (χ1v) is 8.70. The highest BCUT2D eigenvalue weighted by Crippen LogP contribution is 2.22. The van der Waals surface area contributed by atoms with Crippen molar-refractivity contribution >= 4 is 17.5 Å². The molecule has 0 bridgehead atoms. The van der Waals surface area contributed by atoms with Crippen LogP contribution in [0.25, 0.3) is 0 Å². The van der Waals surface area contributed by atoms with Crippen molar-refractivity contribution in [2.75, 3.05) is 18.4 Å². The van der Waals surface area contributed by atoms with Crippen LogP contribution < -0.4 is 5.32 Å². The highest BCUT2D eigenvalue weighted by Gasteiger charge is 2.27. The van der Waals surface area contributed by atoms with Crippen LogP contribution in [0.5, 0.6) is 0 Å². The number of likely N-dealkylation sites (tertiary alicyclic amines) is 1. The first-order chi connectivity index (χ1) is 12.9. The fraction of sp³-hybridized carbons (Fsp3) is 0.300. The van der Waals surface area contributed by atoms with Gasteiger partial charge < -0.3 is 10.2 Å². The molecule has 0 radical (unpaired) electrons. The van der Waals surface area contributed by atoms with Crippen molar-refractivity contribution in [1.29, 1.82) is 0 Å². The standard InChI is InChI=1S/C20H19F3N2O2/c21-15-3-1-13(2-4-15)11-19(26)25-9-7-14(8-10-25)20(27)24-18-6-5-16(22)12-17(18)23/h1-6,12,14H,7-11H2,(H,24,27). The van der Waals surface area contributed by atoms with Crippen LogP contribution in [-0.2, 0) is 16.0 Å². The SMILES string of the molecule is O=C(Nc1ccc(F)cc1F)C1CCN(C(=O)Cc2ccc(F)cc2)CC1. The van der Waals surface area contributed by atoms with Gasteiger partial charge in [-0.05, 0) is 42.7 Å². The van der Waals surface area contributed by atoms with Gasteiger partial charge >= 0.3 is 0 Å². The molecule has 1 aliphatic rings. The van der Waals surface area contributed by atoms with E-state index in [1.54, 1.807) is 17.0 Å². The number of hydrogen-bond acceptors (Lipinski definition) is 2. The molecule has 1 heterocycles. The molecule has 27 heavy (non-hydrogen) atoms. The highest BCUT2D eigenvalue weighted by atomic mass is 19.1. The van der Waals surface area contributed by atoms with E-state index in [1.807, 2.05) is 0 Å². The molecule has 0 spiro atoms. The third-order valence-corrected chi connectivity index (χ3v) is 4.68. The number of benzene rings is 2. The molecule has 1 saturated heterocycles. The third kappa shape index (κ3) is 4.87. The molecule has 0 aromatic heterocycles. The molecule has 3 rings (SSSR count). The van der Waals surface area contributed by atoms with E-state index in [1.165, 1.54) is 18.2 Å². The van der Waals surface area contributed by atoms with Crippen LogP contribution in [0.2, 0.25) is 0 Å². The maximum Gasteiger partial charge on any atom is 0.227 e. The Bertz CT molecular complexity index is 832. The van der Waals surface area contributed by atoms with E-state index >= 15 is 0 Å². The lowest BCUT2D eigenvalue weighted by atomic mass is 9.95. The lowest BCUT2D eigenvalue weighted by Crippen LogP contribution is -2.42. The van der Waals surface area contributed by atoms with Crippen molar-refractivity contribution < 1.29 is 22.8 Å². The molecule has 142 valence electrons. The number of amides is 2. The molecular weight excluding hydrogens is 357 g/mol. The number of nitrogens with zero attached hydrogens (tertiary/aromatic N) is 1. The van der Waals surface area contributed by atoms with Crippen LogP contribution in [0, 0.1) is 23.4 Å². The second kappa shape index (κ2) is 8.24. The van der Waals surface area contributed by atoms with Crippen molar-refractivity contribution in [2.24, 2.45) is 5.92 Å². The Hall–Kier alpha value is -2.83. The summed E-state index contributed by atoms with van der Waals surface area (Å²) in [5, 5.41) is 2.48. The zero-order valence-corrected chi connectivity index (χ0v) is 14.6. The number of rotatable bonds is 4. The van der Waals surface area contributed by atoms with E-state index in [9.17, 15) is 22.8 Å². The molecule has 2 aromatic rings. The quantitative estimate of drug-likeness (QED) is 0.888. The topological polar surface area (TPSA) is 49.4 Å². The van der Waals surface area contributed by atoms with Gasteiger partial charge in [0.2, 0.25) is 11.8 Å². The second-order valence-corrected chi connectivity index (χ2v) is 6.57. The fourth-order valence-electron chi connectivity index (χ4n) is 3.11. The number of carbonyl (C=O) groups is 2. The smallest absolute Gasteiger partial charge is 0.227 e. The number of halogens is 3. The van der Waals surface area contributed by atoms with Crippen molar-refractivity contribution in [2.45, 2.75) is 19.3 Å². The Balaban J connectivity index is 1.51. The molecule has 0 aliphatic carbocycles. The second-order valence-electron chi connectivity index (χ2n) is 6.57. The van der Waals surface area contributed by atoms with Crippen molar-refractivity contribution in [3.63, 3.8) is 0 Å². The molecule has 1 N–H and O–H groups in total. The van der Waals surface area contributed by atoms with Gasteiger partial charge in [0.1, 0.15) is 17.5 Å². The summed E-state index contributed by atoms with van der Waals surface area (Å²) >= 11 is 0. The third-order valence-electron chi connectivity index (χ3n) is 4.68. The summed E-state index contributed by atoms with van der Waals surface area (Å²) in [4.78, 5) is 26.3. The van der Waals surface area contributed by atoms with Gasteiger partial charge in [0.05, 0.1) is 12.1 Å². The molecule has 0 unspecified atom stereocenters. The summed E-state index contributed by atoms with van der Waals surface area (Å²) in [7, 11) is 0. The van der Waals surface area contributed by atoms with E-state index in [0.717, 1.165) is 11.6 Å². The maximum absolute atomic E-state index is 13.6. The maximum atomic E-state index is 13.6. The van der Waals surface area contributed by atoms with E-state index in [0.29, 0.717) is 32.0 Å². The van der Waals surface area contributed by atoms with Crippen LogP contribution in [0.4, 0.5) is 18.9 Å². The molecule has 2 amide bonds. The average Bonchev–Trinajstić information content (AvgIpc) is 2.66. The summed E-state index contributed by atoms with van der Waals surface area (Å²) in [5.74, 6) is -2.65. The van der Waals surface area contributed by atoms with E-state index in [2.05, 4.69) is 5.32 Å². The van der Waals surface area contributed by atoms with Crippen LogP contribution in [-0.4, -0.2) is 29.8 Å². The summed E-state index contributed by atoms with van der Waals surface area (Å²) in [5.41, 5.74) is 0.671. The molecule has 2 aromatic carbocycles. The van der Waals surface area contributed by atoms with Gasteiger partial charge in [-0.1, -0.05) is 12.1 Å². The van der Waals surface area contributed by atoms with Crippen LogP contribution in [0.3, 0.4) is 0 Å². The fourth-order valence-corrected chi connectivity index (χ4v) is 3.11.